The predicted molar refractivity (Wildman–Crippen MR) is 51.6 cm³/mol. The lowest BCUT2D eigenvalue weighted by molar-refractivity contribution is 0.901. The molecular weight excluding hydrogens is 192 g/mol. The maximum atomic E-state index is 5.72. The third kappa shape index (κ3) is 2.45. The molecule has 0 spiro atoms. The highest BCUT2D eigenvalue weighted by atomic mass is 35.5. The van der Waals surface area contributed by atoms with Gasteiger partial charge in [0.1, 0.15) is 5.15 Å². The number of hydrogen-bond acceptors (Lipinski definition) is 3. The number of aromatic nitrogens is 2. The number of imidazole rings is 1. The van der Waals surface area contributed by atoms with Crippen LogP contribution in [-0.4, -0.2) is 21.7 Å². The average Bonchev–Trinajstić information content (AvgIpc) is 2.35. The van der Waals surface area contributed by atoms with Crippen LogP contribution in [0.4, 0.5) is 0 Å². The van der Waals surface area contributed by atoms with E-state index < -0.39 is 0 Å². The molecule has 7 heteroatoms. The van der Waals surface area contributed by atoms with Crippen molar-refractivity contribution in [1.29, 1.82) is 0 Å². The van der Waals surface area contributed by atoms with Crippen molar-refractivity contribution in [3.05, 3.63) is 17.2 Å². The summed E-state index contributed by atoms with van der Waals surface area (Å²) in [5.41, 5.74) is 10.1. The SMILES string of the molecule is Cn1c(Cl)cnc1/C=N/N=C(N)N. The maximum absolute atomic E-state index is 5.72. The van der Waals surface area contributed by atoms with Gasteiger partial charge in [0, 0.05) is 7.05 Å². The summed E-state index contributed by atoms with van der Waals surface area (Å²) in [5, 5.41) is 7.52. The Morgan fingerprint density at radius 2 is 2.38 bits per heavy atom. The van der Waals surface area contributed by atoms with Crippen molar-refractivity contribution in [3.63, 3.8) is 0 Å². The standard InChI is InChI=1S/C6H9ClN6/c1-13-4(7)2-10-5(13)3-11-12-6(8)9/h2-3H,1H3,(H4,8,9,12)/b11-3+. The lowest BCUT2D eigenvalue weighted by Crippen LogP contribution is -2.21. The summed E-state index contributed by atoms with van der Waals surface area (Å²) in [4.78, 5) is 3.94. The van der Waals surface area contributed by atoms with Gasteiger partial charge in [-0.15, -0.1) is 5.10 Å². The molecule has 4 N–H and O–H groups in total. The number of hydrogen-bond donors (Lipinski definition) is 2. The summed E-state index contributed by atoms with van der Waals surface area (Å²) in [6.07, 6.45) is 2.92. The second-order valence-corrected chi connectivity index (χ2v) is 2.65. The Hall–Kier alpha value is -1.56. The molecule has 0 aromatic carbocycles. The van der Waals surface area contributed by atoms with E-state index in [1.165, 1.54) is 12.4 Å². The van der Waals surface area contributed by atoms with E-state index in [0.717, 1.165) is 0 Å². The van der Waals surface area contributed by atoms with Gasteiger partial charge in [0.25, 0.3) is 0 Å². The van der Waals surface area contributed by atoms with Crippen LogP contribution in [0.2, 0.25) is 5.15 Å². The summed E-state index contributed by atoms with van der Waals surface area (Å²) in [7, 11) is 1.76. The minimum Gasteiger partial charge on any atom is -0.369 e. The summed E-state index contributed by atoms with van der Waals surface area (Å²) in [6, 6.07) is 0. The summed E-state index contributed by atoms with van der Waals surface area (Å²) in [6.45, 7) is 0. The number of nitrogens with two attached hydrogens (primary N) is 2. The minimum absolute atomic E-state index is 0.100. The van der Waals surface area contributed by atoms with Gasteiger partial charge >= 0.3 is 0 Å². The molecule has 0 aliphatic rings. The smallest absolute Gasteiger partial charge is 0.211 e. The minimum atomic E-state index is -0.100. The van der Waals surface area contributed by atoms with Crippen LogP contribution in [0.5, 0.6) is 0 Å². The molecule has 0 saturated carbocycles. The van der Waals surface area contributed by atoms with E-state index in [2.05, 4.69) is 15.2 Å². The second kappa shape index (κ2) is 3.90. The molecular formula is C6H9ClN6. The largest absolute Gasteiger partial charge is 0.369 e. The monoisotopic (exact) mass is 200 g/mol. The van der Waals surface area contributed by atoms with Gasteiger partial charge in [-0.2, -0.15) is 5.10 Å². The zero-order chi connectivity index (χ0) is 9.84. The van der Waals surface area contributed by atoms with Crippen molar-refractivity contribution in [3.8, 4) is 0 Å². The van der Waals surface area contributed by atoms with E-state index in [9.17, 15) is 0 Å². The van der Waals surface area contributed by atoms with Gasteiger partial charge in [0.2, 0.25) is 5.96 Å². The van der Waals surface area contributed by atoms with Crippen molar-refractivity contribution >= 4 is 23.8 Å². The number of halogens is 1. The topological polar surface area (TPSA) is 94.6 Å². The Bertz CT molecular complexity index is 348. The molecule has 0 amide bonds. The Kier molecular flexibility index (Phi) is 2.86. The molecule has 0 fully saturated rings. The predicted octanol–water partition coefficient (Wildman–Crippen LogP) is -0.319. The molecule has 6 nitrogen and oxygen atoms in total. The van der Waals surface area contributed by atoms with Crippen molar-refractivity contribution in [2.24, 2.45) is 28.7 Å². The summed E-state index contributed by atoms with van der Waals surface area (Å²) >= 11 is 5.72. The van der Waals surface area contributed by atoms with Crippen LogP contribution in [0, 0.1) is 0 Å². The molecule has 0 atom stereocenters. The molecule has 1 aromatic heterocycles. The normalized spacial score (nSPS) is 10.6. The van der Waals surface area contributed by atoms with Crippen LogP contribution in [0.1, 0.15) is 5.82 Å². The molecule has 0 saturated heterocycles. The number of nitrogens with zero attached hydrogens (tertiary/aromatic N) is 4. The molecule has 0 aliphatic carbocycles. The summed E-state index contributed by atoms with van der Waals surface area (Å²) < 4.78 is 1.65. The molecule has 0 aliphatic heterocycles. The first kappa shape index (κ1) is 9.53. The molecule has 1 aromatic rings. The fraction of sp³-hybridized carbons (Fsp3) is 0.167. The molecule has 0 unspecified atom stereocenters. The first-order valence-corrected chi connectivity index (χ1v) is 3.78. The zero-order valence-electron chi connectivity index (χ0n) is 6.98. The Labute approximate surface area is 79.9 Å². The van der Waals surface area contributed by atoms with Crippen LogP contribution in [0.25, 0.3) is 0 Å². The molecule has 1 rings (SSSR count). The Morgan fingerprint density at radius 1 is 1.69 bits per heavy atom. The number of guanidine groups is 1. The van der Waals surface area contributed by atoms with Crippen LogP contribution in [0.15, 0.2) is 16.4 Å². The van der Waals surface area contributed by atoms with Gasteiger partial charge in [-0.05, 0) is 0 Å². The van der Waals surface area contributed by atoms with Crippen LogP contribution in [0.3, 0.4) is 0 Å². The maximum Gasteiger partial charge on any atom is 0.211 e. The van der Waals surface area contributed by atoms with Gasteiger partial charge < -0.3 is 16.0 Å². The summed E-state index contributed by atoms with van der Waals surface area (Å²) in [5.74, 6) is 0.478. The highest BCUT2D eigenvalue weighted by Gasteiger charge is 1.99. The first-order chi connectivity index (χ1) is 6.11. The lowest BCUT2D eigenvalue weighted by Gasteiger charge is -1.93. The highest BCUT2D eigenvalue weighted by molar-refractivity contribution is 6.29. The quantitative estimate of drug-likeness (QED) is 0.389. The fourth-order valence-corrected chi connectivity index (χ4v) is 0.805. The van der Waals surface area contributed by atoms with Gasteiger partial charge in [-0.3, -0.25) is 0 Å². The van der Waals surface area contributed by atoms with Gasteiger partial charge in [0.05, 0.1) is 12.4 Å². The zero-order valence-corrected chi connectivity index (χ0v) is 7.73. The third-order valence-corrected chi connectivity index (χ3v) is 1.66. The van der Waals surface area contributed by atoms with Crippen molar-refractivity contribution in [1.82, 2.24) is 9.55 Å². The van der Waals surface area contributed by atoms with Gasteiger partial charge in [-0.25, -0.2) is 4.98 Å². The molecule has 1 heterocycles. The van der Waals surface area contributed by atoms with Crippen molar-refractivity contribution in [2.75, 3.05) is 0 Å². The van der Waals surface area contributed by atoms with E-state index in [4.69, 9.17) is 23.1 Å². The van der Waals surface area contributed by atoms with Gasteiger partial charge in [0.15, 0.2) is 5.82 Å². The van der Waals surface area contributed by atoms with Gasteiger partial charge in [-0.1, -0.05) is 11.6 Å². The van der Waals surface area contributed by atoms with Crippen molar-refractivity contribution < 1.29 is 0 Å². The molecule has 0 bridgehead atoms. The number of rotatable bonds is 2. The van der Waals surface area contributed by atoms with Crippen LogP contribution < -0.4 is 11.5 Å². The Morgan fingerprint density at radius 3 is 2.85 bits per heavy atom. The highest BCUT2D eigenvalue weighted by Crippen LogP contribution is 2.06. The second-order valence-electron chi connectivity index (χ2n) is 2.27. The van der Waals surface area contributed by atoms with E-state index in [-0.39, 0.29) is 5.96 Å². The van der Waals surface area contributed by atoms with Crippen LogP contribution in [-0.2, 0) is 7.05 Å². The van der Waals surface area contributed by atoms with E-state index in [0.29, 0.717) is 11.0 Å². The van der Waals surface area contributed by atoms with E-state index in [1.807, 2.05) is 0 Å². The first-order valence-electron chi connectivity index (χ1n) is 3.40. The molecule has 0 radical (unpaired) electrons. The third-order valence-electron chi connectivity index (χ3n) is 1.31. The molecule has 70 valence electrons. The van der Waals surface area contributed by atoms with Crippen molar-refractivity contribution in [2.45, 2.75) is 0 Å². The molecule has 13 heavy (non-hydrogen) atoms. The van der Waals surface area contributed by atoms with E-state index in [1.54, 1.807) is 11.6 Å². The fourth-order valence-electron chi connectivity index (χ4n) is 0.669. The Balaban J connectivity index is 2.80. The van der Waals surface area contributed by atoms with Crippen LogP contribution >= 0.6 is 11.6 Å². The van der Waals surface area contributed by atoms with E-state index >= 15 is 0 Å². The average molecular weight is 201 g/mol. The lowest BCUT2D eigenvalue weighted by atomic mass is 10.7.